The minimum atomic E-state index is 0.314. The molecule has 0 spiro atoms. The molecule has 1 atom stereocenters. The van der Waals surface area contributed by atoms with E-state index in [1.807, 2.05) is 24.3 Å². The molecule has 1 aliphatic heterocycles. The van der Waals surface area contributed by atoms with Gasteiger partial charge in [0.05, 0.1) is 17.7 Å². The first-order valence-electron chi connectivity index (χ1n) is 6.92. The van der Waals surface area contributed by atoms with Crippen molar-refractivity contribution in [3.8, 4) is 6.07 Å². The fourth-order valence-electron chi connectivity index (χ4n) is 2.65. The lowest BCUT2D eigenvalue weighted by Crippen LogP contribution is -2.15. The van der Waals surface area contributed by atoms with Crippen LogP contribution in [0.4, 0.5) is 5.69 Å². The van der Waals surface area contributed by atoms with Gasteiger partial charge in [0.25, 0.3) is 0 Å². The zero-order chi connectivity index (χ0) is 13.8. The Balaban J connectivity index is 1.84. The topological polar surface area (TPSA) is 47.9 Å². The first-order valence-corrected chi connectivity index (χ1v) is 6.92. The van der Waals surface area contributed by atoms with Crippen molar-refractivity contribution in [2.75, 3.05) is 11.9 Å². The fraction of sp³-hybridized carbons (Fsp3) is 0.235. The lowest BCUT2D eigenvalue weighted by molar-refractivity contribution is 0.637. The van der Waals surface area contributed by atoms with E-state index in [2.05, 4.69) is 41.0 Å². The van der Waals surface area contributed by atoms with Crippen LogP contribution in [0.5, 0.6) is 0 Å². The molecule has 0 aliphatic carbocycles. The Morgan fingerprint density at radius 1 is 1.10 bits per heavy atom. The quantitative estimate of drug-likeness (QED) is 0.874. The summed E-state index contributed by atoms with van der Waals surface area (Å²) >= 11 is 0. The highest BCUT2D eigenvalue weighted by molar-refractivity contribution is 5.49. The summed E-state index contributed by atoms with van der Waals surface area (Å²) in [5.41, 5.74) is 4.47. The predicted octanol–water partition coefficient (Wildman–Crippen LogP) is 3.20. The zero-order valence-electron chi connectivity index (χ0n) is 11.3. The summed E-state index contributed by atoms with van der Waals surface area (Å²) in [4.78, 5) is 0. The van der Waals surface area contributed by atoms with Crippen molar-refractivity contribution in [2.45, 2.75) is 19.0 Å². The molecule has 20 heavy (non-hydrogen) atoms. The van der Waals surface area contributed by atoms with Crippen LogP contribution in [-0.2, 0) is 6.54 Å². The minimum absolute atomic E-state index is 0.314. The Kier molecular flexibility index (Phi) is 3.67. The summed E-state index contributed by atoms with van der Waals surface area (Å²) < 4.78 is 0. The summed E-state index contributed by atoms with van der Waals surface area (Å²) in [5, 5.41) is 15.9. The third-order valence-corrected chi connectivity index (χ3v) is 3.71. The molecule has 0 bridgehead atoms. The molecule has 0 saturated heterocycles. The van der Waals surface area contributed by atoms with Gasteiger partial charge in [-0.15, -0.1) is 0 Å². The molecule has 0 saturated carbocycles. The second-order valence-electron chi connectivity index (χ2n) is 5.05. The van der Waals surface area contributed by atoms with E-state index in [0.717, 1.165) is 25.2 Å². The van der Waals surface area contributed by atoms with Gasteiger partial charge in [0, 0.05) is 12.2 Å². The van der Waals surface area contributed by atoms with E-state index >= 15 is 0 Å². The molecule has 1 unspecified atom stereocenters. The largest absolute Gasteiger partial charge is 0.378 e. The van der Waals surface area contributed by atoms with Crippen molar-refractivity contribution in [3.63, 3.8) is 0 Å². The van der Waals surface area contributed by atoms with Gasteiger partial charge in [-0.25, -0.2) is 0 Å². The smallest absolute Gasteiger partial charge is 0.0991 e. The number of nitriles is 1. The molecule has 3 nitrogen and oxygen atoms in total. The predicted molar refractivity (Wildman–Crippen MR) is 80.3 cm³/mol. The van der Waals surface area contributed by atoms with Crippen molar-refractivity contribution >= 4 is 5.69 Å². The van der Waals surface area contributed by atoms with Crippen LogP contribution in [0, 0.1) is 11.3 Å². The molecule has 2 aromatic carbocycles. The maximum absolute atomic E-state index is 8.84. The average Bonchev–Trinajstić information content (AvgIpc) is 2.71. The SMILES string of the molecule is N#Cc1ccc(NC2CCNCc3ccccc32)cc1. The average molecular weight is 263 g/mol. The lowest BCUT2D eigenvalue weighted by Gasteiger charge is -2.20. The molecule has 0 amide bonds. The summed E-state index contributed by atoms with van der Waals surface area (Å²) in [7, 11) is 0. The first-order chi connectivity index (χ1) is 9.86. The van der Waals surface area contributed by atoms with Crippen molar-refractivity contribution in [1.29, 1.82) is 5.26 Å². The van der Waals surface area contributed by atoms with Gasteiger partial charge in [-0.3, -0.25) is 0 Å². The molecule has 1 heterocycles. The third kappa shape index (κ3) is 2.66. The highest BCUT2D eigenvalue weighted by Crippen LogP contribution is 2.27. The van der Waals surface area contributed by atoms with Crippen LogP contribution in [0.1, 0.15) is 29.2 Å². The number of hydrogen-bond donors (Lipinski definition) is 2. The van der Waals surface area contributed by atoms with Gasteiger partial charge in [-0.1, -0.05) is 24.3 Å². The van der Waals surface area contributed by atoms with E-state index in [0.29, 0.717) is 11.6 Å². The number of nitrogens with one attached hydrogen (secondary N) is 2. The Morgan fingerprint density at radius 3 is 2.70 bits per heavy atom. The second-order valence-corrected chi connectivity index (χ2v) is 5.05. The summed E-state index contributed by atoms with van der Waals surface area (Å²) in [6, 6.07) is 18.7. The maximum Gasteiger partial charge on any atom is 0.0991 e. The van der Waals surface area contributed by atoms with Crippen LogP contribution in [-0.4, -0.2) is 6.54 Å². The number of anilines is 1. The zero-order valence-corrected chi connectivity index (χ0v) is 11.3. The van der Waals surface area contributed by atoms with Crippen molar-refractivity contribution in [3.05, 3.63) is 65.2 Å². The fourth-order valence-corrected chi connectivity index (χ4v) is 2.65. The number of rotatable bonds is 2. The molecule has 1 aliphatic rings. The van der Waals surface area contributed by atoms with E-state index in [9.17, 15) is 0 Å². The van der Waals surface area contributed by atoms with Gasteiger partial charge in [0.15, 0.2) is 0 Å². The Hall–Kier alpha value is -2.31. The van der Waals surface area contributed by atoms with Crippen LogP contribution >= 0.6 is 0 Å². The number of hydrogen-bond acceptors (Lipinski definition) is 3. The second kappa shape index (κ2) is 5.77. The van der Waals surface area contributed by atoms with Gasteiger partial charge in [-0.2, -0.15) is 5.26 Å². The Bertz CT molecular complexity index is 625. The van der Waals surface area contributed by atoms with E-state index in [-0.39, 0.29) is 0 Å². The van der Waals surface area contributed by atoms with Gasteiger partial charge in [-0.05, 0) is 48.4 Å². The molecule has 0 aromatic heterocycles. The maximum atomic E-state index is 8.84. The van der Waals surface area contributed by atoms with Gasteiger partial charge < -0.3 is 10.6 Å². The van der Waals surface area contributed by atoms with E-state index in [1.54, 1.807) is 0 Å². The highest BCUT2D eigenvalue weighted by atomic mass is 14.9. The van der Waals surface area contributed by atoms with Crippen molar-refractivity contribution in [2.24, 2.45) is 0 Å². The molecule has 2 N–H and O–H groups in total. The van der Waals surface area contributed by atoms with Crippen LogP contribution < -0.4 is 10.6 Å². The monoisotopic (exact) mass is 263 g/mol. The van der Waals surface area contributed by atoms with Gasteiger partial charge in [0.2, 0.25) is 0 Å². The summed E-state index contributed by atoms with van der Waals surface area (Å²) in [5.74, 6) is 0. The third-order valence-electron chi connectivity index (χ3n) is 3.71. The molecule has 3 rings (SSSR count). The number of benzene rings is 2. The molecule has 0 radical (unpaired) electrons. The van der Waals surface area contributed by atoms with Crippen molar-refractivity contribution < 1.29 is 0 Å². The molecular formula is C17H17N3. The standard InChI is InChI=1S/C17H17N3/c18-11-13-5-7-15(8-6-13)20-17-9-10-19-12-14-3-1-2-4-16(14)17/h1-8,17,19-20H,9-10,12H2. The first kappa shape index (κ1) is 12.7. The lowest BCUT2D eigenvalue weighted by atomic mass is 9.99. The summed E-state index contributed by atoms with van der Waals surface area (Å²) in [6.07, 6.45) is 1.05. The molecule has 0 fully saturated rings. The minimum Gasteiger partial charge on any atom is -0.378 e. The normalized spacial score (nSPS) is 17.6. The van der Waals surface area contributed by atoms with E-state index < -0.39 is 0 Å². The van der Waals surface area contributed by atoms with Crippen LogP contribution in [0.2, 0.25) is 0 Å². The Labute approximate surface area is 119 Å². The van der Waals surface area contributed by atoms with E-state index in [4.69, 9.17) is 5.26 Å². The van der Waals surface area contributed by atoms with Crippen LogP contribution in [0.3, 0.4) is 0 Å². The molecule has 3 heteroatoms. The van der Waals surface area contributed by atoms with Gasteiger partial charge in [0.1, 0.15) is 0 Å². The molecule has 100 valence electrons. The van der Waals surface area contributed by atoms with E-state index in [1.165, 1.54) is 11.1 Å². The Morgan fingerprint density at radius 2 is 1.90 bits per heavy atom. The molecule has 2 aromatic rings. The van der Waals surface area contributed by atoms with Crippen molar-refractivity contribution in [1.82, 2.24) is 5.32 Å². The number of nitrogens with zero attached hydrogens (tertiary/aromatic N) is 1. The highest BCUT2D eigenvalue weighted by Gasteiger charge is 2.17. The summed E-state index contributed by atoms with van der Waals surface area (Å²) in [6.45, 7) is 1.93. The van der Waals surface area contributed by atoms with Gasteiger partial charge >= 0.3 is 0 Å². The van der Waals surface area contributed by atoms with Crippen LogP contribution in [0.25, 0.3) is 0 Å². The molecular weight excluding hydrogens is 246 g/mol. The van der Waals surface area contributed by atoms with Crippen LogP contribution in [0.15, 0.2) is 48.5 Å². The number of fused-ring (bicyclic) bond motifs is 1.